The van der Waals surface area contributed by atoms with Crippen molar-refractivity contribution in [3.63, 3.8) is 0 Å². The molecule has 98 valence electrons. The molecule has 1 aromatic heterocycles. The second-order valence-corrected chi connectivity index (χ2v) is 6.51. The van der Waals surface area contributed by atoms with Crippen LogP contribution in [0.3, 0.4) is 0 Å². The van der Waals surface area contributed by atoms with Gasteiger partial charge < -0.3 is 16.2 Å². The molecule has 1 aromatic carbocycles. The van der Waals surface area contributed by atoms with E-state index >= 15 is 0 Å². The summed E-state index contributed by atoms with van der Waals surface area (Å²) in [5, 5.41) is 13.2. The van der Waals surface area contributed by atoms with Crippen LogP contribution in [0.4, 0.5) is 11.4 Å². The van der Waals surface area contributed by atoms with E-state index in [9.17, 15) is 9.59 Å². The van der Waals surface area contributed by atoms with E-state index in [0.29, 0.717) is 11.3 Å². The number of carbonyl (C=O) groups excluding carboxylic acids is 1. The number of benzene rings is 1. The van der Waals surface area contributed by atoms with Gasteiger partial charge in [-0.2, -0.15) is 0 Å². The number of carbonyl (C=O) groups is 2. The van der Waals surface area contributed by atoms with Crippen LogP contribution < -0.4 is 11.1 Å². The summed E-state index contributed by atoms with van der Waals surface area (Å²) in [5.74, 6) is -1.33. The number of halogens is 1. The zero-order valence-electron chi connectivity index (χ0n) is 9.51. The summed E-state index contributed by atoms with van der Waals surface area (Å²) in [6.07, 6.45) is 0. The van der Waals surface area contributed by atoms with E-state index in [-0.39, 0.29) is 17.2 Å². The number of nitrogen functional groups attached to an aromatic ring is 1. The fraction of sp³-hybridized carbons (Fsp3) is 0. The van der Waals surface area contributed by atoms with Crippen molar-refractivity contribution in [1.29, 1.82) is 0 Å². The molecule has 0 aliphatic carbocycles. The minimum absolute atomic E-state index is 0.0839. The lowest BCUT2D eigenvalue weighted by Crippen LogP contribution is -2.12. The lowest BCUT2D eigenvalue weighted by Gasteiger charge is -2.07. The molecular weight excluding hydrogens is 379 g/mol. The number of aromatic carboxylic acids is 1. The van der Waals surface area contributed by atoms with Gasteiger partial charge in [0.15, 0.2) is 0 Å². The average molecular weight is 388 g/mol. The molecule has 19 heavy (non-hydrogen) atoms. The second-order valence-electron chi connectivity index (χ2n) is 3.70. The molecule has 0 saturated heterocycles. The lowest BCUT2D eigenvalue weighted by molar-refractivity contribution is 0.0697. The van der Waals surface area contributed by atoms with Crippen molar-refractivity contribution < 1.29 is 14.7 Å². The normalized spacial score (nSPS) is 10.2. The van der Waals surface area contributed by atoms with Crippen molar-refractivity contribution in [2.75, 3.05) is 11.1 Å². The zero-order chi connectivity index (χ0) is 14.0. The average Bonchev–Trinajstić information content (AvgIpc) is 2.78. The number of hydrogen-bond acceptors (Lipinski definition) is 4. The van der Waals surface area contributed by atoms with Crippen LogP contribution in [-0.2, 0) is 0 Å². The quantitative estimate of drug-likeness (QED) is 0.557. The molecule has 0 bridgehead atoms. The molecule has 0 atom stereocenters. The molecule has 4 N–H and O–H groups in total. The maximum absolute atomic E-state index is 11.9. The summed E-state index contributed by atoms with van der Waals surface area (Å²) in [5.41, 5.74) is 6.97. The fourth-order valence-electron chi connectivity index (χ4n) is 1.43. The molecule has 2 aromatic rings. The number of nitrogens with one attached hydrogen (secondary N) is 1. The molecule has 5 nitrogen and oxygen atoms in total. The Kier molecular flexibility index (Phi) is 4.05. The third-order valence-electron chi connectivity index (χ3n) is 2.38. The van der Waals surface area contributed by atoms with E-state index < -0.39 is 5.97 Å². The van der Waals surface area contributed by atoms with Crippen LogP contribution in [0.5, 0.6) is 0 Å². The van der Waals surface area contributed by atoms with Crippen molar-refractivity contribution in [3.8, 4) is 0 Å². The van der Waals surface area contributed by atoms with E-state index in [1.165, 1.54) is 29.5 Å². The van der Waals surface area contributed by atoms with Crippen LogP contribution >= 0.6 is 33.9 Å². The molecule has 0 spiro atoms. The Hall–Kier alpha value is -1.61. The van der Waals surface area contributed by atoms with Crippen LogP contribution in [0.15, 0.2) is 29.6 Å². The molecule has 2 rings (SSSR count). The Balaban J connectivity index is 2.20. The highest BCUT2D eigenvalue weighted by Crippen LogP contribution is 2.22. The zero-order valence-corrected chi connectivity index (χ0v) is 12.5. The molecule has 0 radical (unpaired) electrons. The number of thiophene rings is 1. The molecule has 0 unspecified atom stereocenters. The third-order valence-corrected chi connectivity index (χ3v) is 4.17. The summed E-state index contributed by atoms with van der Waals surface area (Å²) in [6.45, 7) is 0. The number of nitrogens with two attached hydrogens (primary N) is 1. The van der Waals surface area contributed by atoms with Crippen LogP contribution in [0, 0.1) is 2.88 Å². The summed E-state index contributed by atoms with van der Waals surface area (Å²) in [6, 6.07) is 5.96. The van der Waals surface area contributed by atoms with Crippen LogP contribution in [0.25, 0.3) is 0 Å². The topological polar surface area (TPSA) is 92.4 Å². The van der Waals surface area contributed by atoms with Crippen LogP contribution in [0.2, 0.25) is 0 Å². The van der Waals surface area contributed by atoms with Crippen molar-refractivity contribution in [2.24, 2.45) is 0 Å². The fourth-order valence-corrected chi connectivity index (χ4v) is 2.76. The number of amides is 1. The number of anilines is 2. The number of carboxylic acid groups (broad SMARTS) is 1. The van der Waals surface area contributed by atoms with Gasteiger partial charge in [-0.05, 0) is 46.9 Å². The van der Waals surface area contributed by atoms with Crippen molar-refractivity contribution in [2.45, 2.75) is 0 Å². The van der Waals surface area contributed by atoms with Gasteiger partial charge in [0.25, 0.3) is 5.91 Å². The maximum atomic E-state index is 11.9. The SMILES string of the molecule is Nc1cc(C(=O)O)ccc1NC(=O)c1csc(I)c1. The van der Waals surface area contributed by atoms with Crippen LogP contribution in [0.1, 0.15) is 20.7 Å². The number of hydrogen-bond donors (Lipinski definition) is 3. The predicted molar refractivity (Wildman–Crippen MR) is 82.8 cm³/mol. The van der Waals surface area contributed by atoms with Crippen molar-refractivity contribution in [1.82, 2.24) is 0 Å². The second kappa shape index (κ2) is 5.57. The molecule has 0 fully saturated rings. The van der Waals surface area contributed by atoms with Gasteiger partial charge in [0.2, 0.25) is 0 Å². The van der Waals surface area contributed by atoms with Gasteiger partial charge >= 0.3 is 5.97 Å². The number of carboxylic acids is 1. The van der Waals surface area contributed by atoms with E-state index in [1.54, 1.807) is 11.4 Å². The molecule has 0 aliphatic rings. The smallest absolute Gasteiger partial charge is 0.335 e. The Labute approximate surface area is 126 Å². The Morgan fingerprint density at radius 3 is 2.53 bits per heavy atom. The van der Waals surface area contributed by atoms with E-state index in [2.05, 4.69) is 27.9 Å². The summed E-state index contributed by atoms with van der Waals surface area (Å²) in [4.78, 5) is 22.7. The van der Waals surface area contributed by atoms with E-state index in [1.807, 2.05) is 0 Å². The standard InChI is InChI=1S/C12H9IN2O3S/c13-10-4-7(5-19-10)11(16)15-9-2-1-6(12(17)18)3-8(9)14/h1-5H,14H2,(H,15,16)(H,17,18). The maximum Gasteiger partial charge on any atom is 0.335 e. The highest BCUT2D eigenvalue weighted by Gasteiger charge is 2.11. The minimum Gasteiger partial charge on any atom is -0.478 e. The van der Waals surface area contributed by atoms with Gasteiger partial charge in [-0.3, -0.25) is 4.79 Å². The first kappa shape index (κ1) is 13.8. The molecule has 0 aliphatic heterocycles. The van der Waals surface area contributed by atoms with Gasteiger partial charge in [0.1, 0.15) is 0 Å². The van der Waals surface area contributed by atoms with Crippen molar-refractivity contribution >= 4 is 57.2 Å². The van der Waals surface area contributed by atoms with Crippen LogP contribution in [-0.4, -0.2) is 17.0 Å². The van der Waals surface area contributed by atoms with Gasteiger partial charge in [-0.1, -0.05) is 0 Å². The molecular formula is C12H9IN2O3S. The highest BCUT2D eigenvalue weighted by molar-refractivity contribution is 14.1. The first-order valence-corrected chi connectivity index (χ1v) is 7.11. The summed E-state index contributed by atoms with van der Waals surface area (Å²) < 4.78 is 1.01. The molecule has 7 heteroatoms. The first-order chi connectivity index (χ1) is 8.97. The molecule has 0 saturated carbocycles. The van der Waals surface area contributed by atoms with Crippen molar-refractivity contribution in [3.05, 3.63) is 43.7 Å². The molecule has 1 amide bonds. The number of rotatable bonds is 3. The monoisotopic (exact) mass is 388 g/mol. The Bertz CT molecular complexity index is 654. The van der Waals surface area contributed by atoms with Gasteiger partial charge in [0, 0.05) is 5.38 Å². The van der Waals surface area contributed by atoms with E-state index in [0.717, 1.165) is 2.88 Å². The Morgan fingerprint density at radius 2 is 2.00 bits per heavy atom. The van der Waals surface area contributed by atoms with Gasteiger partial charge in [-0.25, -0.2) is 4.79 Å². The first-order valence-electron chi connectivity index (χ1n) is 5.15. The van der Waals surface area contributed by atoms with Gasteiger partial charge in [0.05, 0.1) is 25.4 Å². The Morgan fingerprint density at radius 1 is 1.26 bits per heavy atom. The minimum atomic E-state index is -1.06. The van der Waals surface area contributed by atoms with E-state index in [4.69, 9.17) is 10.8 Å². The summed E-state index contributed by atoms with van der Waals surface area (Å²) >= 11 is 3.60. The predicted octanol–water partition coefficient (Wildman–Crippen LogP) is 2.89. The lowest BCUT2D eigenvalue weighted by atomic mass is 10.1. The molecule has 1 heterocycles. The largest absolute Gasteiger partial charge is 0.478 e. The van der Waals surface area contributed by atoms with Gasteiger partial charge in [-0.15, -0.1) is 11.3 Å². The highest BCUT2D eigenvalue weighted by atomic mass is 127. The summed E-state index contributed by atoms with van der Waals surface area (Å²) in [7, 11) is 0. The third kappa shape index (κ3) is 3.24.